The fourth-order valence-corrected chi connectivity index (χ4v) is 6.51. The molecule has 2 aromatic heterocycles. The Hall–Kier alpha value is -2.04. The molecule has 0 spiro atoms. The first-order valence-electron chi connectivity index (χ1n) is 9.56. The average molecular weight is 407 g/mol. The summed E-state index contributed by atoms with van der Waals surface area (Å²) in [5, 5.41) is 7.12. The summed E-state index contributed by atoms with van der Waals surface area (Å²) in [7, 11) is -1.84. The summed E-state index contributed by atoms with van der Waals surface area (Å²) in [4.78, 5) is 17.7. The topological polar surface area (TPSA) is 106 Å². The zero-order chi connectivity index (χ0) is 19.8. The molecule has 2 fully saturated rings. The summed E-state index contributed by atoms with van der Waals surface area (Å²) >= 11 is 0. The molecule has 9 nitrogen and oxygen atoms in total. The van der Waals surface area contributed by atoms with Gasteiger partial charge in [0.15, 0.2) is 5.65 Å². The van der Waals surface area contributed by atoms with Crippen LogP contribution in [0.3, 0.4) is 0 Å². The van der Waals surface area contributed by atoms with Crippen LogP contribution < -0.4 is 5.32 Å². The van der Waals surface area contributed by atoms with Crippen LogP contribution in [0.5, 0.6) is 0 Å². The smallest absolute Gasteiger partial charge is 0.232 e. The van der Waals surface area contributed by atoms with Gasteiger partial charge >= 0.3 is 0 Å². The van der Waals surface area contributed by atoms with Crippen LogP contribution in [-0.4, -0.2) is 65.3 Å². The average Bonchev–Trinajstić information content (AvgIpc) is 3.17. The number of carbonyl (C=O) groups excluding carboxylic acids is 1. The number of hydrogen-bond acceptors (Lipinski definition) is 6. The maximum absolute atomic E-state index is 13.5. The van der Waals surface area contributed by atoms with Gasteiger partial charge < -0.3 is 10.1 Å². The second-order valence-electron chi connectivity index (χ2n) is 7.49. The Kier molecular flexibility index (Phi) is 5.11. The molecule has 1 saturated heterocycles. The molecule has 0 bridgehead atoms. The van der Waals surface area contributed by atoms with E-state index in [1.165, 1.54) is 10.6 Å². The number of sulfonamides is 1. The summed E-state index contributed by atoms with van der Waals surface area (Å²) in [5.41, 5.74) is 0.421. The van der Waals surface area contributed by atoms with Crippen LogP contribution in [0, 0.1) is 5.41 Å². The first-order valence-corrected chi connectivity index (χ1v) is 11.2. The van der Waals surface area contributed by atoms with E-state index in [2.05, 4.69) is 15.4 Å². The Morgan fingerprint density at radius 2 is 2.25 bits per heavy atom. The number of amides is 1. The molecule has 1 amide bonds. The quantitative estimate of drug-likeness (QED) is 0.800. The van der Waals surface area contributed by atoms with E-state index >= 15 is 0 Å². The second kappa shape index (κ2) is 7.41. The van der Waals surface area contributed by atoms with E-state index in [-0.39, 0.29) is 24.2 Å². The van der Waals surface area contributed by atoms with E-state index < -0.39 is 15.4 Å². The van der Waals surface area contributed by atoms with E-state index in [1.54, 1.807) is 30.0 Å². The molecular weight excluding hydrogens is 382 g/mol. The molecule has 1 N–H and O–H groups in total. The first kappa shape index (κ1) is 19.3. The van der Waals surface area contributed by atoms with E-state index in [4.69, 9.17) is 4.74 Å². The molecule has 0 aromatic carbocycles. The van der Waals surface area contributed by atoms with E-state index in [1.807, 2.05) is 0 Å². The molecule has 1 saturated carbocycles. The minimum Gasteiger partial charge on any atom is -0.383 e. The monoisotopic (exact) mass is 407 g/mol. The van der Waals surface area contributed by atoms with Gasteiger partial charge in [-0.1, -0.05) is 12.8 Å². The standard InChI is InChI=1S/C18H25N5O4S/c1-27-11-10-23-15-6-2-3-7-18(15,8-12-28(23,25)26)17(24)21-14-5-4-9-22-16(14)19-13-20-22/h4-5,9,13,15H,2-3,6-8,10-12H2,1H3,(H,21,24)/t15-,18-/m1/s1. The van der Waals surface area contributed by atoms with E-state index in [0.717, 1.165) is 12.8 Å². The number of rotatable bonds is 5. The summed E-state index contributed by atoms with van der Waals surface area (Å²) in [5.74, 6) is -0.152. The molecule has 2 aromatic rings. The summed E-state index contributed by atoms with van der Waals surface area (Å²) in [6, 6.07) is 3.25. The Bertz CT molecular complexity index is 975. The summed E-state index contributed by atoms with van der Waals surface area (Å²) in [6.07, 6.45) is 6.73. The number of nitrogens with one attached hydrogen (secondary N) is 1. The van der Waals surface area contributed by atoms with Gasteiger partial charge in [-0.3, -0.25) is 4.79 Å². The van der Waals surface area contributed by atoms with Gasteiger partial charge in [0.25, 0.3) is 0 Å². The van der Waals surface area contributed by atoms with Gasteiger partial charge in [-0.15, -0.1) is 0 Å². The fraction of sp³-hybridized carbons (Fsp3) is 0.611. The second-order valence-corrected chi connectivity index (χ2v) is 9.53. The molecule has 2 aliphatic rings. The van der Waals surface area contributed by atoms with Crippen molar-refractivity contribution in [2.45, 2.75) is 38.1 Å². The van der Waals surface area contributed by atoms with Gasteiger partial charge in [-0.2, -0.15) is 9.40 Å². The lowest BCUT2D eigenvalue weighted by molar-refractivity contribution is -0.132. The predicted octanol–water partition coefficient (Wildman–Crippen LogP) is 1.28. The van der Waals surface area contributed by atoms with Crippen molar-refractivity contribution in [1.82, 2.24) is 18.9 Å². The van der Waals surface area contributed by atoms with E-state index in [9.17, 15) is 13.2 Å². The van der Waals surface area contributed by atoms with Crippen molar-refractivity contribution >= 4 is 27.3 Å². The molecule has 152 valence electrons. The number of pyridine rings is 1. The third-order valence-electron chi connectivity index (χ3n) is 6.02. The number of ether oxygens (including phenoxy) is 1. The van der Waals surface area contributed by atoms with Gasteiger partial charge in [0.2, 0.25) is 15.9 Å². The number of methoxy groups -OCH3 is 1. The number of carbonyl (C=O) groups is 1. The Balaban J connectivity index is 1.67. The van der Waals surface area contributed by atoms with Gasteiger partial charge in [-0.05, 0) is 31.4 Å². The Morgan fingerprint density at radius 1 is 1.39 bits per heavy atom. The molecule has 1 aliphatic carbocycles. The van der Waals surface area contributed by atoms with Gasteiger partial charge in [-0.25, -0.2) is 17.9 Å². The lowest BCUT2D eigenvalue weighted by atomic mass is 9.67. The van der Waals surface area contributed by atoms with Gasteiger partial charge in [0, 0.05) is 25.9 Å². The highest BCUT2D eigenvalue weighted by Gasteiger charge is 2.55. The third-order valence-corrected chi connectivity index (χ3v) is 7.89. The van der Waals surface area contributed by atoms with Crippen molar-refractivity contribution in [1.29, 1.82) is 0 Å². The minimum atomic E-state index is -3.39. The molecule has 0 unspecified atom stereocenters. The normalized spacial score (nSPS) is 27.4. The van der Waals surface area contributed by atoms with Crippen LogP contribution in [-0.2, 0) is 19.6 Å². The van der Waals surface area contributed by atoms with Crippen molar-refractivity contribution in [2.24, 2.45) is 5.41 Å². The van der Waals surface area contributed by atoms with E-state index in [0.29, 0.717) is 37.2 Å². The SMILES string of the molecule is COCCN1[C@@H]2CCCC[C@@]2(C(=O)Nc2cccn3ncnc23)CCS1(=O)=O. The Labute approximate surface area is 164 Å². The van der Waals surface area contributed by atoms with Crippen LogP contribution in [0.2, 0.25) is 0 Å². The number of anilines is 1. The number of aromatic nitrogens is 3. The van der Waals surface area contributed by atoms with Crippen molar-refractivity contribution in [3.05, 3.63) is 24.7 Å². The third kappa shape index (κ3) is 3.19. The van der Waals surface area contributed by atoms with Crippen LogP contribution in [0.25, 0.3) is 5.65 Å². The molecular formula is C18H25N5O4S. The van der Waals surface area contributed by atoms with Gasteiger partial charge in [0.05, 0.1) is 23.5 Å². The highest BCUT2D eigenvalue weighted by atomic mass is 32.2. The fourth-order valence-electron chi connectivity index (χ4n) is 4.60. The molecule has 10 heteroatoms. The highest BCUT2D eigenvalue weighted by molar-refractivity contribution is 7.89. The summed E-state index contributed by atoms with van der Waals surface area (Å²) < 4.78 is 33.7. The maximum Gasteiger partial charge on any atom is 0.232 e. The van der Waals surface area contributed by atoms with Gasteiger partial charge in [0.1, 0.15) is 6.33 Å². The highest BCUT2D eigenvalue weighted by Crippen LogP contribution is 2.47. The molecule has 1 aliphatic heterocycles. The zero-order valence-corrected chi connectivity index (χ0v) is 16.7. The molecule has 3 heterocycles. The maximum atomic E-state index is 13.5. The summed E-state index contributed by atoms with van der Waals surface area (Å²) in [6.45, 7) is 0.588. The number of hydrogen-bond donors (Lipinski definition) is 1. The molecule has 0 radical (unpaired) electrons. The zero-order valence-electron chi connectivity index (χ0n) is 15.9. The lowest BCUT2D eigenvalue weighted by Crippen LogP contribution is -2.62. The molecule has 4 rings (SSSR count). The molecule has 2 atom stereocenters. The predicted molar refractivity (Wildman–Crippen MR) is 103 cm³/mol. The van der Waals surface area contributed by atoms with Crippen molar-refractivity contribution in [3.63, 3.8) is 0 Å². The van der Waals surface area contributed by atoms with Crippen molar-refractivity contribution in [2.75, 3.05) is 31.3 Å². The molecule has 28 heavy (non-hydrogen) atoms. The Morgan fingerprint density at radius 3 is 3.07 bits per heavy atom. The van der Waals surface area contributed by atoms with Crippen molar-refractivity contribution in [3.8, 4) is 0 Å². The van der Waals surface area contributed by atoms with Crippen LogP contribution >= 0.6 is 0 Å². The largest absolute Gasteiger partial charge is 0.383 e. The van der Waals surface area contributed by atoms with Crippen LogP contribution in [0.15, 0.2) is 24.7 Å². The van der Waals surface area contributed by atoms with Crippen LogP contribution in [0.1, 0.15) is 32.1 Å². The number of fused-ring (bicyclic) bond motifs is 2. The lowest BCUT2D eigenvalue weighted by Gasteiger charge is -2.50. The number of nitrogens with zero attached hydrogens (tertiary/aromatic N) is 4. The van der Waals surface area contributed by atoms with Crippen molar-refractivity contribution < 1.29 is 17.9 Å². The minimum absolute atomic E-state index is 0.0181. The van der Waals surface area contributed by atoms with Crippen LogP contribution in [0.4, 0.5) is 5.69 Å². The first-order chi connectivity index (χ1) is 13.5.